The summed E-state index contributed by atoms with van der Waals surface area (Å²) in [6.07, 6.45) is 1.51. The van der Waals surface area contributed by atoms with E-state index in [0.29, 0.717) is 31.1 Å². The van der Waals surface area contributed by atoms with Gasteiger partial charge in [-0.05, 0) is 42.0 Å². The third-order valence-electron chi connectivity index (χ3n) is 4.71. The van der Waals surface area contributed by atoms with E-state index in [0.717, 1.165) is 17.7 Å². The van der Waals surface area contributed by atoms with Crippen LogP contribution in [-0.4, -0.2) is 48.6 Å². The van der Waals surface area contributed by atoms with E-state index in [-0.39, 0.29) is 11.4 Å². The number of benzene rings is 1. The predicted octanol–water partition coefficient (Wildman–Crippen LogP) is 4.15. The van der Waals surface area contributed by atoms with Crippen molar-refractivity contribution in [3.8, 4) is 5.75 Å². The van der Waals surface area contributed by atoms with Crippen LogP contribution in [-0.2, 0) is 9.53 Å². The van der Waals surface area contributed by atoms with Crippen LogP contribution in [0.5, 0.6) is 5.75 Å². The van der Waals surface area contributed by atoms with Crippen molar-refractivity contribution in [2.24, 2.45) is 0 Å². The van der Waals surface area contributed by atoms with Crippen LogP contribution < -0.4 is 4.74 Å². The number of rotatable bonds is 10. The first-order valence-corrected chi connectivity index (χ1v) is 10.5. The van der Waals surface area contributed by atoms with E-state index in [9.17, 15) is 14.7 Å². The number of nitrogens with zero attached hydrogens (tertiary/aromatic N) is 1. The van der Waals surface area contributed by atoms with Gasteiger partial charge in [-0.2, -0.15) is 0 Å². The quantitative estimate of drug-likeness (QED) is 0.466. The molecule has 2 heterocycles. The molecule has 1 unspecified atom stereocenters. The van der Waals surface area contributed by atoms with Crippen LogP contribution in [0.4, 0.5) is 0 Å². The molecule has 29 heavy (non-hydrogen) atoms. The Hall–Kier alpha value is -2.64. The number of methoxy groups -OCH3 is 1. The Kier molecular flexibility index (Phi) is 7.06. The summed E-state index contributed by atoms with van der Waals surface area (Å²) in [4.78, 5) is 27.9. The van der Waals surface area contributed by atoms with Crippen molar-refractivity contribution in [1.82, 2.24) is 4.90 Å². The average Bonchev–Trinajstić information content (AvgIpc) is 3.35. The second kappa shape index (κ2) is 9.71. The van der Waals surface area contributed by atoms with Gasteiger partial charge in [0, 0.05) is 20.3 Å². The Balaban J connectivity index is 1.96. The van der Waals surface area contributed by atoms with Crippen molar-refractivity contribution >= 4 is 23.0 Å². The van der Waals surface area contributed by atoms with Crippen LogP contribution in [0.15, 0.2) is 53.1 Å². The molecule has 1 atom stereocenters. The number of aliphatic hydroxyl groups excluding tert-OH is 1. The second-order valence-electron chi connectivity index (χ2n) is 6.73. The van der Waals surface area contributed by atoms with Gasteiger partial charge in [-0.15, -0.1) is 11.3 Å². The molecule has 154 valence electrons. The van der Waals surface area contributed by atoms with Crippen molar-refractivity contribution in [1.29, 1.82) is 0 Å². The molecule has 1 aliphatic heterocycles. The van der Waals surface area contributed by atoms with Gasteiger partial charge < -0.3 is 19.5 Å². The molecular formula is C22H25NO5S. The highest BCUT2D eigenvalue weighted by Crippen LogP contribution is 2.40. The topological polar surface area (TPSA) is 76.1 Å². The first-order chi connectivity index (χ1) is 14.1. The number of thiophene rings is 1. The summed E-state index contributed by atoms with van der Waals surface area (Å²) in [5, 5.41) is 12.4. The molecule has 0 spiro atoms. The maximum Gasteiger partial charge on any atom is 0.290 e. The lowest BCUT2D eigenvalue weighted by Gasteiger charge is -2.27. The fourth-order valence-electron chi connectivity index (χ4n) is 3.35. The SMILES string of the molecule is CCCOc1ccc(C2C(C(=O)c3cccs3)=C(O)C(=O)N2CCCOC)cc1. The van der Waals surface area contributed by atoms with E-state index >= 15 is 0 Å². The number of aliphatic hydroxyl groups is 1. The standard InChI is InChI=1S/C22H25NO5S/c1-3-12-28-16-9-7-15(8-10-16)19-18(20(24)17-6-4-14-29-17)21(25)22(26)23(19)11-5-13-27-2/h4,6-10,14,19,25H,3,5,11-13H2,1-2H3. The van der Waals surface area contributed by atoms with Gasteiger partial charge in [-0.3, -0.25) is 9.59 Å². The molecule has 2 aromatic rings. The first kappa shape index (κ1) is 21.1. The molecule has 1 amide bonds. The molecule has 0 saturated heterocycles. The second-order valence-corrected chi connectivity index (χ2v) is 7.68. The van der Waals surface area contributed by atoms with E-state index in [4.69, 9.17) is 9.47 Å². The van der Waals surface area contributed by atoms with Gasteiger partial charge in [0.25, 0.3) is 5.91 Å². The number of carbonyl (C=O) groups excluding carboxylic acids is 2. The first-order valence-electron chi connectivity index (χ1n) is 9.62. The molecule has 7 heteroatoms. The summed E-state index contributed by atoms with van der Waals surface area (Å²) in [6.45, 7) is 3.51. The number of ketones is 1. The smallest absolute Gasteiger partial charge is 0.290 e. The zero-order valence-corrected chi connectivity index (χ0v) is 17.4. The summed E-state index contributed by atoms with van der Waals surface area (Å²) in [5.74, 6) is -0.601. The van der Waals surface area contributed by atoms with Crippen LogP contribution in [0.1, 0.15) is 41.0 Å². The zero-order chi connectivity index (χ0) is 20.8. The molecule has 0 fully saturated rings. The number of ether oxygens (including phenoxy) is 2. The molecule has 0 aliphatic carbocycles. The van der Waals surface area contributed by atoms with E-state index in [2.05, 4.69) is 0 Å². The van der Waals surface area contributed by atoms with Crippen molar-refractivity contribution < 1.29 is 24.2 Å². The highest BCUT2D eigenvalue weighted by atomic mass is 32.1. The van der Waals surface area contributed by atoms with Crippen LogP contribution in [0.25, 0.3) is 0 Å². The van der Waals surface area contributed by atoms with Crippen LogP contribution in [0.2, 0.25) is 0 Å². The van der Waals surface area contributed by atoms with Gasteiger partial charge >= 0.3 is 0 Å². The minimum atomic E-state index is -0.644. The molecule has 1 aromatic carbocycles. The van der Waals surface area contributed by atoms with Crippen molar-refractivity contribution in [3.05, 3.63) is 63.6 Å². The molecule has 1 N–H and O–H groups in total. The number of carbonyl (C=O) groups is 2. The maximum atomic E-state index is 13.1. The Labute approximate surface area is 174 Å². The molecular weight excluding hydrogens is 390 g/mol. The summed E-state index contributed by atoms with van der Waals surface area (Å²) in [7, 11) is 1.60. The van der Waals surface area contributed by atoms with Gasteiger partial charge in [0.2, 0.25) is 5.78 Å². The maximum absolute atomic E-state index is 13.1. The van der Waals surface area contributed by atoms with E-state index in [1.165, 1.54) is 16.2 Å². The Bertz CT molecular complexity index is 873. The highest BCUT2D eigenvalue weighted by molar-refractivity contribution is 7.12. The lowest BCUT2D eigenvalue weighted by atomic mass is 9.95. The number of hydrogen-bond donors (Lipinski definition) is 1. The fourth-order valence-corrected chi connectivity index (χ4v) is 4.03. The monoisotopic (exact) mass is 415 g/mol. The molecule has 6 nitrogen and oxygen atoms in total. The van der Waals surface area contributed by atoms with Crippen molar-refractivity contribution in [2.75, 3.05) is 26.9 Å². The van der Waals surface area contributed by atoms with Crippen LogP contribution >= 0.6 is 11.3 Å². The van der Waals surface area contributed by atoms with Crippen LogP contribution in [0, 0.1) is 0 Å². The summed E-state index contributed by atoms with van der Waals surface area (Å²) >= 11 is 1.29. The Morgan fingerprint density at radius 3 is 2.59 bits per heavy atom. The summed E-state index contributed by atoms with van der Waals surface area (Å²) in [6, 6.07) is 10.2. The largest absolute Gasteiger partial charge is 0.503 e. The summed E-state index contributed by atoms with van der Waals surface area (Å²) in [5.41, 5.74) is 0.876. The third kappa shape index (κ3) is 4.52. The van der Waals surface area contributed by atoms with Gasteiger partial charge in [0.05, 0.1) is 23.1 Å². The van der Waals surface area contributed by atoms with Gasteiger partial charge in [0.1, 0.15) is 5.75 Å². The van der Waals surface area contributed by atoms with Crippen LogP contribution in [0.3, 0.4) is 0 Å². The zero-order valence-electron chi connectivity index (χ0n) is 16.6. The van der Waals surface area contributed by atoms with Crippen molar-refractivity contribution in [3.63, 3.8) is 0 Å². The predicted molar refractivity (Wildman–Crippen MR) is 111 cm³/mol. The molecule has 0 radical (unpaired) electrons. The molecule has 0 bridgehead atoms. The molecule has 0 saturated carbocycles. The summed E-state index contributed by atoms with van der Waals surface area (Å²) < 4.78 is 10.7. The average molecular weight is 416 g/mol. The minimum absolute atomic E-state index is 0.122. The Morgan fingerprint density at radius 2 is 1.97 bits per heavy atom. The van der Waals surface area contributed by atoms with E-state index in [1.54, 1.807) is 24.6 Å². The molecule has 1 aliphatic rings. The third-order valence-corrected chi connectivity index (χ3v) is 5.58. The van der Waals surface area contributed by atoms with Gasteiger partial charge in [0.15, 0.2) is 5.76 Å². The van der Waals surface area contributed by atoms with Crippen molar-refractivity contribution in [2.45, 2.75) is 25.8 Å². The van der Waals surface area contributed by atoms with E-state index < -0.39 is 17.7 Å². The lowest BCUT2D eigenvalue weighted by Crippen LogP contribution is -2.32. The van der Waals surface area contributed by atoms with Gasteiger partial charge in [-0.25, -0.2) is 0 Å². The Morgan fingerprint density at radius 1 is 1.21 bits per heavy atom. The fraction of sp³-hybridized carbons (Fsp3) is 0.364. The number of amides is 1. The number of Topliss-reactive ketones (excluding diaryl/α,β-unsaturated/α-hetero) is 1. The lowest BCUT2D eigenvalue weighted by molar-refractivity contribution is -0.129. The van der Waals surface area contributed by atoms with E-state index in [1.807, 2.05) is 31.2 Å². The normalized spacial score (nSPS) is 16.6. The number of hydrogen-bond acceptors (Lipinski definition) is 6. The molecule has 3 rings (SSSR count). The highest BCUT2D eigenvalue weighted by Gasteiger charge is 2.43. The molecule has 1 aromatic heterocycles. The minimum Gasteiger partial charge on any atom is -0.503 e. The van der Waals surface area contributed by atoms with Gasteiger partial charge in [-0.1, -0.05) is 25.1 Å².